The van der Waals surface area contributed by atoms with Crippen LogP contribution in [0.5, 0.6) is 0 Å². The lowest BCUT2D eigenvalue weighted by molar-refractivity contribution is -0.141. The number of nitrogens with zero attached hydrogens (tertiary/aromatic N) is 2. The number of rotatable bonds is 6. The van der Waals surface area contributed by atoms with E-state index >= 15 is 0 Å². The Morgan fingerprint density at radius 3 is 2.31 bits per heavy atom. The Bertz CT molecular complexity index is 953. The number of imide groups is 2. The van der Waals surface area contributed by atoms with E-state index in [-0.39, 0.29) is 17.5 Å². The molecule has 9 nitrogen and oxygen atoms in total. The molecule has 10 heteroatoms. The summed E-state index contributed by atoms with van der Waals surface area (Å²) in [6, 6.07) is 4.57. The van der Waals surface area contributed by atoms with Crippen molar-refractivity contribution in [3.63, 3.8) is 0 Å². The van der Waals surface area contributed by atoms with Gasteiger partial charge in [0.25, 0.3) is 23.6 Å². The van der Waals surface area contributed by atoms with Crippen molar-refractivity contribution in [3.8, 4) is 0 Å². The van der Waals surface area contributed by atoms with E-state index < -0.39 is 41.2 Å². The third kappa shape index (κ3) is 3.66. The predicted octanol–water partition coefficient (Wildman–Crippen LogP) is 1.94. The summed E-state index contributed by atoms with van der Waals surface area (Å²) in [6.07, 6.45) is 4.69. The van der Waals surface area contributed by atoms with Crippen LogP contribution in [0.4, 0.5) is 4.79 Å². The number of hydrogen-bond donors (Lipinski definition) is 2. The lowest BCUT2D eigenvalue weighted by Crippen LogP contribution is -2.56. The van der Waals surface area contributed by atoms with Gasteiger partial charge in [0.2, 0.25) is 0 Å². The number of carbonyl (C=O) groups is 5. The molecule has 3 aliphatic rings. The molecule has 2 fully saturated rings. The average molecular weight is 459 g/mol. The summed E-state index contributed by atoms with van der Waals surface area (Å²) in [4.78, 5) is 65.6. The van der Waals surface area contributed by atoms with E-state index in [1.807, 2.05) is 6.26 Å². The van der Waals surface area contributed by atoms with Gasteiger partial charge in [-0.2, -0.15) is 16.8 Å². The third-order valence-corrected chi connectivity index (χ3v) is 7.19. The first-order valence-corrected chi connectivity index (χ1v) is 12.1. The zero-order chi connectivity index (χ0) is 23.0. The van der Waals surface area contributed by atoms with Crippen molar-refractivity contribution >= 4 is 41.4 Å². The van der Waals surface area contributed by atoms with Crippen LogP contribution in [0.15, 0.2) is 24.3 Å². The quantitative estimate of drug-likeness (QED) is 0.497. The maximum atomic E-state index is 13.2. The number of urea groups is 1. The Balaban J connectivity index is 1.55. The highest BCUT2D eigenvalue weighted by Crippen LogP contribution is 2.36. The minimum atomic E-state index is -1.14. The Kier molecular flexibility index (Phi) is 5.98. The van der Waals surface area contributed by atoms with Crippen LogP contribution >= 0.6 is 11.8 Å². The minimum Gasteiger partial charge on any atom is -0.322 e. The average Bonchev–Trinajstić information content (AvgIpc) is 3.17. The molecule has 170 valence electrons. The second-order valence-electron chi connectivity index (χ2n) is 8.63. The molecule has 2 N–H and O–H groups in total. The van der Waals surface area contributed by atoms with Crippen molar-refractivity contribution < 1.29 is 24.0 Å². The van der Waals surface area contributed by atoms with Crippen LogP contribution in [-0.2, 0) is 9.59 Å². The van der Waals surface area contributed by atoms with E-state index in [0.717, 1.165) is 17.7 Å². The Morgan fingerprint density at radius 2 is 1.75 bits per heavy atom. The molecule has 1 aromatic rings. The molecule has 1 saturated carbocycles. The van der Waals surface area contributed by atoms with Crippen LogP contribution in [0, 0.1) is 5.92 Å². The van der Waals surface area contributed by atoms with E-state index in [9.17, 15) is 24.0 Å². The van der Waals surface area contributed by atoms with Crippen molar-refractivity contribution in [1.82, 2.24) is 20.7 Å². The summed E-state index contributed by atoms with van der Waals surface area (Å²) in [7, 11) is 0. The molecule has 2 heterocycles. The summed E-state index contributed by atoms with van der Waals surface area (Å²) < 4.78 is 0. The fourth-order valence-corrected chi connectivity index (χ4v) is 5.06. The van der Waals surface area contributed by atoms with Gasteiger partial charge in [-0.25, -0.2) is 4.79 Å². The lowest BCUT2D eigenvalue weighted by atomic mass is 9.77. The Morgan fingerprint density at radius 1 is 1.16 bits per heavy atom. The highest BCUT2D eigenvalue weighted by molar-refractivity contribution is 7.98. The standard InChI is InChI=1S/C22H26N4O5S/c1-13-7-10-22(11-8-13)20(30)26(21(31)23-22)24-17(27)16(9-12-32-2)25-18(28)14-5-3-4-6-15(14)19(25)29/h3-6,13,16H,7-12H2,1-2H3,(H,23,31)(H,24,27)/t13?,16-,22?/m0/s1. The molecule has 6 amide bonds. The van der Waals surface area contributed by atoms with Gasteiger partial charge in [-0.1, -0.05) is 19.1 Å². The highest BCUT2D eigenvalue weighted by Gasteiger charge is 2.53. The Hall–Kier alpha value is -2.88. The molecule has 0 radical (unpaired) electrons. The van der Waals surface area contributed by atoms with E-state index in [1.54, 1.807) is 24.3 Å². The van der Waals surface area contributed by atoms with Gasteiger partial charge in [0, 0.05) is 0 Å². The first-order chi connectivity index (χ1) is 15.3. The normalized spacial score (nSPS) is 25.9. The summed E-state index contributed by atoms with van der Waals surface area (Å²) >= 11 is 1.46. The van der Waals surface area contributed by atoms with Gasteiger partial charge in [-0.3, -0.25) is 29.5 Å². The maximum Gasteiger partial charge on any atom is 0.344 e. The van der Waals surface area contributed by atoms with Crippen LogP contribution in [-0.4, -0.2) is 63.2 Å². The van der Waals surface area contributed by atoms with Crippen LogP contribution in [0.1, 0.15) is 59.7 Å². The third-order valence-electron chi connectivity index (χ3n) is 6.55. The smallest absolute Gasteiger partial charge is 0.322 e. The molecule has 0 bridgehead atoms. The molecule has 32 heavy (non-hydrogen) atoms. The molecular formula is C22H26N4O5S. The fourth-order valence-electron chi connectivity index (χ4n) is 4.60. The van der Waals surface area contributed by atoms with Gasteiger partial charge in [0.05, 0.1) is 11.1 Å². The van der Waals surface area contributed by atoms with Gasteiger partial charge in [0.15, 0.2) is 0 Å². The molecule has 1 saturated heterocycles. The highest BCUT2D eigenvalue weighted by atomic mass is 32.2. The zero-order valence-corrected chi connectivity index (χ0v) is 18.9. The van der Waals surface area contributed by atoms with Crippen LogP contribution in [0.3, 0.4) is 0 Å². The number of nitrogens with one attached hydrogen (secondary N) is 2. The van der Waals surface area contributed by atoms with Crippen molar-refractivity contribution in [3.05, 3.63) is 35.4 Å². The zero-order valence-electron chi connectivity index (χ0n) is 18.1. The number of hydrogen-bond acceptors (Lipinski definition) is 6. The van der Waals surface area contributed by atoms with Gasteiger partial charge in [0.1, 0.15) is 11.6 Å². The number of benzene rings is 1. The minimum absolute atomic E-state index is 0.199. The molecule has 4 rings (SSSR count). The van der Waals surface area contributed by atoms with Crippen LogP contribution < -0.4 is 10.7 Å². The van der Waals surface area contributed by atoms with Crippen molar-refractivity contribution in [2.45, 2.75) is 50.6 Å². The van der Waals surface area contributed by atoms with E-state index in [2.05, 4.69) is 17.7 Å². The van der Waals surface area contributed by atoms with E-state index in [4.69, 9.17) is 0 Å². The summed E-state index contributed by atoms with van der Waals surface area (Å²) in [6.45, 7) is 2.10. The monoisotopic (exact) mass is 458 g/mol. The van der Waals surface area contributed by atoms with Gasteiger partial charge in [-0.15, -0.1) is 0 Å². The summed E-state index contributed by atoms with van der Waals surface area (Å²) in [5.41, 5.74) is 1.87. The maximum absolute atomic E-state index is 13.2. The van der Waals surface area contributed by atoms with Gasteiger partial charge in [-0.05, 0) is 62.2 Å². The summed E-state index contributed by atoms with van der Waals surface area (Å²) in [5, 5.41) is 3.46. The number of carbonyl (C=O) groups excluding carboxylic acids is 5. The number of fused-ring (bicyclic) bond motifs is 1. The van der Waals surface area contributed by atoms with Crippen molar-refractivity contribution in [2.75, 3.05) is 12.0 Å². The molecule has 1 aliphatic carbocycles. The van der Waals surface area contributed by atoms with Gasteiger partial charge >= 0.3 is 6.03 Å². The molecular weight excluding hydrogens is 432 g/mol. The topological polar surface area (TPSA) is 116 Å². The number of thioether (sulfide) groups is 1. The fraction of sp³-hybridized carbons (Fsp3) is 0.500. The van der Waals surface area contributed by atoms with E-state index in [0.29, 0.717) is 29.5 Å². The second-order valence-corrected chi connectivity index (χ2v) is 9.62. The molecule has 1 spiro atoms. The SMILES string of the molecule is CSCC[C@@H](C(=O)NN1C(=O)NC2(CCC(C)CC2)C1=O)N1C(=O)c2ccccc2C1=O. The molecule has 2 aliphatic heterocycles. The first-order valence-electron chi connectivity index (χ1n) is 10.7. The second kappa shape index (κ2) is 8.57. The van der Waals surface area contributed by atoms with Gasteiger partial charge < -0.3 is 5.32 Å². The molecule has 1 atom stereocenters. The predicted molar refractivity (Wildman–Crippen MR) is 118 cm³/mol. The van der Waals surface area contributed by atoms with Crippen LogP contribution in [0.25, 0.3) is 0 Å². The largest absolute Gasteiger partial charge is 0.344 e. The number of hydrazine groups is 1. The summed E-state index contributed by atoms with van der Waals surface area (Å²) in [5.74, 6) is -1.36. The Labute approximate surface area is 190 Å². The first kappa shape index (κ1) is 22.3. The number of amides is 6. The molecule has 1 aromatic carbocycles. The van der Waals surface area contributed by atoms with Crippen molar-refractivity contribution in [1.29, 1.82) is 0 Å². The van der Waals surface area contributed by atoms with E-state index in [1.165, 1.54) is 11.8 Å². The lowest BCUT2D eigenvalue weighted by Gasteiger charge is -2.33. The van der Waals surface area contributed by atoms with Crippen LogP contribution in [0.2, 0.25) is 0 Å². The molecule has 0 aromatic heterocycles. The van der Waals surface area contributed by atoms with Crippen molar-refractivity contribution in [2.24, 2.45) is 5.92 Å². The molecule has 0 unspecified atom stereocenters.